The average Bonchev–Trinajstić information content (AvgIpc) is 2.83. The number of aromatic amines is 1. The number of amides is 1. The van der Waals surface area contributed by atoms with Crippen molar-refractivity contribution < 1.29 is 4.79 Å². The standard InChI is InChI=1S/C12H9Cl2N3O/c13-10-3-1-8(5-11(10)14)2-4-12(18)17-9-6-15-16-7-9/h1-7H,(H,15,16)(H,17,18)/b4-2+. The molecule has 18 heavy (non-hydrogen) atoms. The van der Waals surface area contributed by atoms with Crippen molar-refractivity contribution in [3.8, 4) is 0 Å². The Morgan fingerprint density at radius 1 is 1.33 bits per heavy atom. The van der Waals surface area contributed by atoms with Crippen molar-refractivity contribution in [3.05, 3.63) is 52.3 Å². The molecule has 1 aromatic carbocycles. The fourth-order valence-corrected chi connectivity index (χ4v) is 1.60. The van der Waals surface area contributed by atoms with Gasteiger partial charge in [-0.15, -0.1) is 0 Å². The first-order valence-electron chi connectivity index (χ1n) is 5.08. The molecule has 4 nitrogen and oxygen atoms in total. The van der Waals surface area contributed by atoms with E-state index >= 15 is 0 Å². The number of anilines is 1. The van der Waals surface area contributed by atoms with Gasteiger partial charge in [0.2, 0.25) is 5.91 Å². The first kappa shape index (κ1) is 12.7. The van der Waals surface area contributed by atoms with E-state index in [1.54, 1.807) is 30.5 Å². The van der Waals surface area contributed by atoms with Crippen LogP contribution in [0, 0.1) is 0 Å². The summed E-state index contributed by atoms with van der Waals surface area (Å²) in [5.41, 5.74) is 1.41. The van der Waals surface area contributed by atoms with Gasteiger partial charge in [-0.25, -0.2) is 0 Å². The lowest BCUT2D eigenvalue weighted by molar-refractivity contribution is -0.111. The smallest absolute Gasteiger partial charge is 0.248 e. The van der Waals surface area contributed by atoms with E-state index in [0.717, 1.165) is 5.56 Å². The van der Waals surface area contributed by atoms with Gasteiger partial charge in [0.25, 0.3) is 0 Å². The summed E-state index contributed by atoms with van der Waals surface area (Å²) in [7, 11) is 0. The molecule has 0 atom stereocenters. The molecule has 0 fully saturated rings. The minimum absolute atomic E-state index is 0.248. The van der Waals surface area contributed by atoms with Crippen LogP contribution in [0.15, 0.2) is 36.7 Å². The summed E-state index contributed by atoms with van der Waals surface area (Å²) >= 11 is 11.7. The van der Waals surface area contributed by atoms with Gasteiger partial charge < -0.3 is 5.32 Å². The fourth-order valence-electron chi connectivity index (χ4n) is 1.29. The lowest BCUT2D eigenvalue weighted by Crippen LogP contribution is -2.06. The van der Waals surface area contributed by atoms with Gasteiger partial charge in [-0.1, -0.05) is 29.3 Å². The lowest BCUT2D eigenvalue weighted by Gasteiger charge is -1.98. The molecule has 92 valence electrons. The summed E-state index contributed by atoms with van der Waals surface area (Å²) in [6.07, 6.45) is 6.17. The summed E-state index contributed by atoms with van der Waals surface area (Å²) in [6.45, 7) is 0. The molecular formula is C12H9Cl2N3O. The molecule has 1 amide bonds. The highest BCUT2D eigenvalue weighted by molar-refractivity contribution is 6.42. The van der Waals surface area contributed by atoms with Crippen molar-refractivity contribution in [2.24, 2.45) is 0 Å². The van der Waals surface area contributed by atoms with E-state index in [1.165, 1.54) is 12.3 Å². The summed E-state index contributed by atoms with van der Waals surface area (Å²) in [5.74, 6) is -0.248. The second-order valence-electron chi connectivity index (χ2n) is 3.48. The molecule has 0 aliphatic carbocycles. The van der Waals surface area contributed by atoms with E-state index in [2.05, 4.69) is 15.5 Å². The van der Waals surface area contributed by atoms with Gasteiger partial charge >= 0.3 is 0 Å². The number of H-pyrrole nitrogens is 1. The summed E-state index contributed by atoms with van der Waals surface area (Å²) in [4.78, 5) is 11.5. The Kier molecular flexibility index (Phi) is 4.02. The molecule has 2 aromatic rings. The van der Waals surface area contributed by atoms with Crippen LogP contribution in [0.3, 0.4) is 0 Å². The Hall–Kier alpha value is -1.78. The number of benzene rings is 1. The van der Waals surface area contributed by atoms with Gasteiger partial charge in [0.05, 0.1) is 21.9 Å². The molecule has 0 spiro atoms. The maximum Gasteiger partial charge on any atom is 0.248 e. The predicted octanol–water partition coefficient (Wildman–Crippen LogP) is 3.37. The molecule has 0 unspecified atom stereocenters. The van der Waals surface area contributed by atoms with Crippen LogP contribution in [0.4, 0.5) is 5.69 Å². The maximum absolute atomic E-state index is 11.5. The van der Waals surface area contributed by atoms with Crippen LogP contribution in [-0.4, -0.2) is 16.1 Å². The first-order chi connectivity index (χ1) is 8.65. The molecule has 2 rings (SSSR count). The topological polar surface area (TPSA) is 57.8 Å². The molecule has 0 saturated heterocycles. The van der Waals surface area contributed by atoms with E-state index in [9.17, 15) is 4.79 Å². The van der Waals surface area contributed by atoms with Crippen molar-refractivity contribution in [3.63, 3.8) is 0 Å². The number of nitrogens with zero attached hydrogens (tertiary/aromatic N) is 1. The van der Waals surface area contributed by atoms with E-state index in [1.807, 2.05) is 0 Å². The van der Waals surface area contributed by atoms with Gasteiger partial charge in [-0.3, -0.25) is 9.89 Å². The normalized spacial score (nSPS) is 10.8. The highest BCUT2D eigenvalue weighted by Crippen LogP contribution is 2.23. The van der Waals surface area contributed by atoms with Crippen LogP contribution in [0.5, 0.6) is 0 Å². The zero-order valence-electron chi connectivity index (χ0n) is 9.15. The van der Waals surface area contributed by atoms with Crippen LogP contribution < -0.4 is 5.32 Å². The Morgan fingerprint density at radius 2 is 2.17 bits per heavy atom. The van der Waals surface area contributed by atoms with Crippen LogP contribution in [-0.2, 0) is 4.79 Å². The van der Waals surface area contributed by atoms with Crippen molar-refractivity contribution in [1.29, 1.82) is 0 Å². The Bertz CT molecular complexity index is 579. The van der Waals surface area contributed by atoms with Crippen LogP contribution >= 0.6 is 23.2 Å². The number of rotatable bonds is 3. The van der Waals surface area contributed by atoms with Crippen molar-refractivity contribution in [1.82, 2.24) is 10.2 Å². The van der Waals surface area contributed by atoms with Gasteiger partial charge in [0.1, 0.15) is 0 Å². The number of halogens is 2. The quantitative estimate of drug-likeness (QED) is 0.848. The fraction of sp³-hybridized carbons (Fsp3) is 0. The number of hydrogen-bond acceptors (Lipinski definition) is 2. The number of carbonyl (C=O) groups is 1. The molecule has 6 heteroatoms. The molecule has 2 N–H and O–H groups in total. The second-order valence-corrected chi connectivity index (χ2v) is 4.30. The van der Waals surface area contributed by atoms with Crippen molar-refractivity contribution >= 4 is 40.9 Å². The number of aromatic nitrogens is 2. The molecule has 0 aliphatic heterocycles. The Balaban J connectivity index is 2.01. The van der Waals surface area contributed by atoms with Gasteiger partial charge in [0, 0.05) is 12.3 Å². The SMILES string of the molecule is O=C(/C=C/c1ccc(Cl)c(Cl)c1)Nc1cn[nH]c1. The number of hydrogen-bond donors (Lipinski definition) is 2. The van der Waals surface area contributed by atoms with Crippen LogP contribution in [0.25, 0.3) is 6.08 Å². The zero-order chi connectivity index (χ0) is 13.0. The molecular weight excluding hydrogens is 273 g/mol. The molecule has 0 bridgehead atoms. The third-order valence-corrected chi connectivity index (χ3v) is 2.88. The van der Waals surface area contributed by atoms with E-state index in [4.69, 9.17) is 23.2 Å². The van der Waals surface area contributed by atoms with Gasteiger partial charge in [-0.05, 0) is 23.8 Å². The largest absolute Gasteiger partial charge is 0.320 e. The van der Waals surface area contributed by atoms with Gasteiger partial charge in [-0.2, -0.15) is 5.10 Å². The molecule has 0 radical (unpaired) electrons. The molecule has 0 aliphatic rings. The summed E-state index contributed by atoms with van der Waals surface area (Å²) in [5, 5.41) is 9.90. The van der Waals surface area contributed by atoms with Crippen LogP contribution in [0.1, 0.15) is 5.56 Å². The predicted molar refractivity (Wildman–Crippen MR) is 72.7 cm³/mol. The minimum atomic E-state index is -0.248. The van der Waals surface area contributed by atoms with Crippen molar-refractivity contribution in [2.45, 2.75) is 0 Å². The monoisotopic (exact) mass is 281 g/mol. The van der Waals surface area contributed by atoms with Gasteiger partial charge in [0.15, 0.2) is 0 Å². The lowest BCUT2D eigenvalue weighted by atomic mass is 10.2. The Morgan fingerprint density at radius 3 is 2.83 bits per heavy atom. The molecule has 0 saturated carbocycles. The van der Waals surface area contributed by atoms with E-state index in [-0.39, 0.29) is 5.91 Å². The van der Waals surface area contributed by atoms with E-state index in [0.29, 0.717) is 15.7 Å². The minimum Gasteiger partial charge on any atom is -0.320 e. The number of carbonyl (C=O) groups excluding carboxylic acids is 1. The summed E-state index contributed by atoms with van der Waals surface area (Å²) in [6, 6.07) is 5.14. The highest BCUT2D eigenvalue weighted by atomic mass is 35.5. The average molecular weight is 282 g/mol. The van der Waals surface area contributed by atoms with Crippen molar-refractivity contribution in [2.75, 3.05) is 5.32 Å². The summed E-state index contributed by atoms with van der Waals surface area (Å²) < 4.78 is 0. The Labute approximate surface area is 114 Å². The van der Waals surface area contributed by atoms with Crippen LogP contribution in [0.2, 0.25) is 10.0 Å². The molecule has 1 aromatic heterocycles. The highest BCUT2D eigenvalue weighted by Gasteiger charge is 1.99. The maximum atomic E-state index is 11.5. The first-order valence-corrected chi connectivity index (χ1v) is 5.83. The second kappa shape index (κ2) is 5.71. The van der Waals surface area contributed by atoms with E-state index < -0.39 is 0 Å². The third kappa shape index (κ3) is 3.35. The zero-order valence-corrected chi connectivity index (χ0v) is 10.7. The number of nitrogens with one attached hydrogen (secondary N) is 2. The molecule has 1 heterocycles. The third-order valence-electron chi connectivity index (χ3n) is 2.14.